The Labute approximate surface area is 77.1 Å². The van der Waals surface area contributed by atoms with E-state index in [4.69, 9.17) is 10.5 Å². The minimum atomic E-state index is 0.0445. The molecule has 2 rings (SSSR count). The highest BCUT2D eigenvalue weighted by atomic mass is 16.5. The molecule has 0 bridgehead atoms. The van der Waals surface area contributed by atoms with Crippen molar-refractivity contribution in [2.24, 2.45) is 5.73 Å². The number of fused-ring (bicyclic) bond motifs is 1. The molecule has 3 heteroatoms. The van der Waals surface area contributed by atoms with Gasteiger partial charge in [0.2, 0.25) is 0 Å². The normalized spacial score (nSPS) is 20.6. The predicted octanol–water partition coefficient (Wildman–Crippen LogP) is 1.48. The van der Waals surface area contributed by atoms with Crippen LogP contribution in [0.2, 0.25) is 0 Å². The predicted molar refractivity (Wildman–Crippen MR) is 49.9 cm³/mol. The van der Waals surface area contributed by atoms with Crippen molar-refractivity contribution in [1.29, 1.82) is 0 Å². The Bertz CT molecular complexity index is 336. The van der Waals surface area contributed by atoms with Crippen LogP contribution >= 0.6 is 0 Å². The van der Waals surface area contributed by atoms with E-state index in [1.807, 2.05) is 13.0 Å². The van der Waals surface area contributed by atoms with Gasteiger partial charge >= 0.3 is 0 Å². The highest BCUT2D eigenvalue weighted by Gasteiger charge is 2.20. The molecule has 1 aliphatic heterocycles. The molecule has 0 fully saturated rings. The summed E-state index contributed by atoms with van der Waals surface area (Å²) in [6.07, 6.45) is 0.844. The summed E-state index contributed by atoms with van der Waals surface area (Å²) in [4.78, 5) is 0. The van der Waals surface area contributed by atoms with Crippen LogP contribution in [0.4, 0.5) is 0 Å². The van der Waals surface area contributed by atoms with Gasteiger partial charge < -0.3 is 15.6 Å². The Hall–Kier alpha value is -1.22. The third kappa shape index (κ3) is 1.25. The number of phenols is 1. The largest absolute Gasteiger partial charge is 0.508 e. The quantitative estimate of drug-likeness (QED) is 0.634. The Morgan fingerprint density at radius 1 is 1.54 bits per heavy atom. The molecule has 0 radical (unpaired) electrons. The first kappa shape index (κ1) is 8.38. The molecule has 1 heterocycles. The number of hydrogen-bond acceptors (Lipinski definition) is 3. The number of benzene rings is 1. The molecule has 70 valence electrons. The standard InChI is InChI=1S/C10H13NO2/c1-6-9(12)3-2-7-8(11)4-5-13-10(6)7/h2-3,8,12H,4-5,11H2,1H3. The van der Waals surface area contributed by atoms with Gasteiger partial charge in [0.15, 0.2) is 0 Å². The zero-order valence-electron chi connectivity index (χ0n) is 7.58. The van der Waals surface area contributed by atoms with Gasteiger partial charge in [-0.05, 0) is 13.0 Å². The van der Waals surface area contributed by atoms with Crippen LogP contribution in [0.15, 0.2) is 12.1 Å². The Morgan fingerprint density at radius 3 is 3.08 bits per heavy atom. The van der Waals surface area contributed by atoms with Crippen LogP contribution < -0.4 is 10.5 Å². The van der Waals surface area contributed by atoms with E-state index >= 15 is 0 Å². The second-order valence-corrected chi connectivity index (χ2v) is 3.37. The van der Waals surface area contributed by atoms with Crippen LogP contribution in [0.5, 0.6) is 11.5 Å². The maximum absolute atomic E-state index is 9.44. The molecule has 3 N–H and O–H groups in total. The van der Waals surface area contributed by atoms with Crippen molar-refractivity contribution in [3.63, 3.8) is 0 Å². The van der Waals surface area contributed by atoms with E-state index < -0.39 is 0 Å². The molecule has 3 nitrogen and oxygen atoms in total. The summed E-state index contributed by atoms with van der Waals surface area (Å²) < 4.78 is 5.47. The van der Waals surface area contributed by atoms with Crippen molar-refractivity contribution in [2.45, 2.75) is 19.4 Å². The molecule has 13 heavy (non-hydrogen) atoms. The fourth-order valence-electron chi connectivity index (χ4n) is 1.63. The second-order valence-electron chi connectivity index (χ2n) is 3.37. The third-order valence-electron chi connectivity index (χ3n) is 2.48. The van der Waals surface area contributed by atoms with E-state index in [-0.39, 0.29) is 11.8 Å². The summed E-state index contributed by atoms with van der Waals surface area (Å²) in [6, 6.07) is 3.55. The van der Waals surface area contributed by atoms with Crippen LogP contribution in [-0.4, -0.2) is 11.7 Å². The molecular formula is C10H13NO2. The van der Waals surface area contributed by atoms with Gasteiger partial charge in [0.1, 0.15) is 11.5 Å². The molecule has 1 aromatic rings. The van der Waals surface area contributed by atoms with Gasteiger partial charge in [0.05, 0.1) is 6.61 Å². The molecule has 0 spiro atoms. The molecule has 1 aliphatic rings. The van der Waals surface area contributed by atoms with Crippen molar-refractivity contribution in [1.82, 2.24) is 0 Å². The molecule has 0 saturated carbocycles. The number of rotatable bonds is 0. The lowest BCUT2D eigenvalue weighted by molar-refractivity contribution is 0.265. The molecular weight excluding hydrogens is 166 g/mol. The highest BCUT2D eigenvalue weighted by Crippen LogP contribution is 2.37. The highest BCUT2D eigenvalue weighted by molar-refractivity contribution is 5.50. The van der Waals surface area contributed by atoms with E-state index in [0.29, 0.717) is 6.61 Å². The molecule has 1 atom stereocenters. The van der Waals surface area contributed by atoms with Crippen LogP contribution in [0.25, 0.3) is 0 Å². The van der Waals surface area contributed by atoms with Crippen LogP contribution in [0, 0.1) is 6.92 Å². The van der Waals surface area contributed by atoms with Crippen molar-refractivity contribution >= 4 is 0 Å². The van der Waals surface area contributed by atoms with E-state index in [2.05, 4.69) is 0 Å². The van der Waals surface area contributed by atoms with Crippen LogP contribution in [0.3, 0.4) is 0 Å². The zero-order valence-corrected chi connectivity index (χ0v) is 7.58. The summed E-state index contributed by atoms with van der Waals surface area (Å²) >= 11 is 0. The number of nitrogens with two attached hydrogens (primary N) is 1. The zero-order chi connectivity index (χ0) is 9.42. The average Bonchev–Trinajstić information content (AvgIpc) is 2.12. The fraction of sp³-hybridized carbons (Fsp3) is 0.400. The maximum Gasteiger partial charge on any atom is 0.130 e. The van der Waals surface area contributed by atoms with Crippen molar-refractivity contribution in [3.05, 3.63) is 23.3 Å². The van der Waals surface area contributed by atoms with E-state index in [1.54, 1.807) is 6.07 Å². The van der Waals surface area contributed by atoms with Gasteiger partial charge in [0, 0.05) is 23.6 Å². The van der Waals surface area contributed by atoms with Gasteiger partial charge in [-0.1, -0.05) is 6.07 Å². The van der Waals surface area contributed by atoms with Gasteiger partial charge in [-0.25, -0.2) is 0 Å². The van der Waals surface area contributed by atoms with Crippen LogP contribution in [-0.2, 0) is 0 Å². The minimum absolute atomic E-state index is 0.0445. The lowest BCUT2D eigenvalue weighted by Gasteiger charge is -2.24. The second kappa shape index (κ2) is 2.92. The molecule has 0 saturated heterocycles. The van der Waals surface area contributed by atoms with Gasteiger partial charge in [-0.2, -0.15) is 0 Å². The summed E-state index contributed by atoms with van der Waals surface area (Å²) in [6.45, 7) is 2.48. The topological polar surface area (TPSA) is 55.5 Å². The van der Waals surface area contributed by atoms with E-state index in [0.717, 1.165) is 23.3 Å². The molecule has 1 aromatic carbocycles. The fourth-order valence-corrected chi connectivity index (χ4v) is 1.63. The first-order valence-electron chi connectivity index (χ1n) is 4.41. The number of ether oxygens (including phenoxy) is 1. The lowest BCUT2D eigenvalue weighted by atomic mass is 9.98. The van der Waals surface area contributed by atoms with Crippen molar-refractivity contribution in [2.75, 3.05) is 6.61 Å². The summed E-state index contributed by atoms with van der Waals surface area (Å²) in [5, 5.41) is 9.44. The Balaban J connectivity index is 2.56. The summed E-state index contributed by atoms with van der Waals surface area (Å²) in [7, 11) is 0. The average molecular weight is 179 g/mol. The molecule has 1 unspecified atom stereocenters. The number of phenolic OH excluding ortho intramolecular Hbond substituents is 1. The first-order valence-corrected chi connectivity index (χ1v) is 4.41. The Morgan fingerprint density at radius 2 is 2.31 bits per heavy atom. The molecule has 0 aromatic heterocycles. The van der Waals surface area contributed by atoms with Crippen LogP contribution in [0.1, 0.15) is 23.6 Å². The Kier molecular flexibility index (Phi) is 1.88. The molecule has 0 amide bonds. The minimum Gasteiger partial charge on any atom is -0.508 e. The van der Waals surface area contributed by atoms with Crippen molar-refractivity contribution in [3.8, 4) is 11.5 Å². The SMILES string of the molecule is Cc1c(O)ccc2c1OCCC2N. The van der Waals surface area contributed by atoms with E-state index in [9.17, 15) is 5.11 Å². The first-order chi connectivity index (χ1) is 6.20. The maximum atomic E-state index is 9.44. The molecule has 0 aliphatic carbocycles. The van der Waals surface area contributed by atoms with Gasteiger partial charge in [-0.15, -0.1) is 0 Å². The number of hydrogen-bond donors (Lipinski definition) is 2. The van der Waals surface area contributed by atoms with E-state index in [1.165, 1.54) is 0 Å². The third-order valence-corrected chi connectivity index (χ3v) is 2.48. The smallest absolute Gasteiger partial charge is 0.130 e. The van der Waals surface area contributed by atoms with Gasteiger partial charge in [-0.3, -0.25) is 0 Å². The van der Waals surface area contributed by atoms with Crippen molar-refractivity contribution < 1.29 is 9.84 Å². The van der Waals surface area contributed by atoms with Gasteiger partial charge in [0.25, 0.3) is 0 Å². The summed E-state index contributed by atoms with van der Waals surface area (Å²) in [5.41, 5.74) is 7.69. The summed E-state index contributed by atoms with van der Waals surface area (Å²) in [5.74, 6) is 1.03. The lowest BCUT2D eigenvalue weighted by Crippen LogP contribution is -2.21. The number of aromatic hydroxyl groups is 1. The monoisotopic (exact) mass is 179 g/mol.